The van der Waals surface area contributed by atoms with Crippen molar-refractivity contribution < 1.29 is 4.74 Å². The number of aryl methyl sites for hydroxylation is 1. The molecule has 1 aromatic rings. The maximum absolute atomic E-state index is 5.36. The molecule has 1 aromatic carbocycles. The van der Waals surface area contributed by atoms with Crippen LogP contribution in [0.2, 0.25) is 0 Å². The van der Waals surface area contributed by atoms with Gasteiger partial charge in [-0.05, 0) is 50.5 Å². The number of benzene rings is 1. The first-order valence-electron chi connectivity index (χ1n) is 7.17. The minimum absolute atomic E-state index is 0.543. The van der Waals surface area contributed by atoms with Gasteiger partial charge in [0.25, 0.3) is 0 Å². The Hall–Kier alpha value is -1.62. The average Bonchev–Trinajstić information content (AvgIpc) is 2.44. The summed E-state index contributed by atoms with van der Waals surface area (Å²) in [6, 6.07) is 6.01. The second-order valence-corrected chi connectivity index (χ2v) is 5.86. The summed E-state index contributed by atoms with van der Waals surface area (Å²) in [4.78, 5) is 0. The molecule has 0 atom stereocenters. The number of thiocarbonyl (C=S) groups is 1. The second kappa shape index (κ2) is 8.62. The minimum Gasteiger partial charge on any atom is -0.496 e. The highest BCUT2D eigenvalue weighted by molar-refractivity contribution is 7.80. The summed E-state index contributed by atoms with van der Waals surface area (Å²) in [5.74, 6) is 1.46. The van der Waals surface area contributed by atoms with Crippen molar-refractivity contribution in [1.29, 1.82) is 0 Å². The lowest BCUT2D eigenvalue weighted by Crippen LogP contribution is -2.33. The maximum Gasteiger partial charge on any atom is 0.186 e. The molecular formula is C16H25N3OS. The predicted molar refractivity (Wildman–Crippen MR) is 93.1 cm³/mol. The standard InChI is InChI=1S/C16H25N3OS/c1-11(2)8-9-17-16(21)19-18-13(4)14-10-12(3)6-7-15(14)20-5/h6-7,10-11H,8-9H2,1-5H3,(H2,17,19,21)/b18-13-. The highest BCUT2D eigenvalue weighted by Crippen LogP contribution is 2.20. The number of hydrazone groups is 1. The molecule has 0 bridgehead atoms. The van der Waals surface area contributed by atoms with Crippen LogP contribution in [0.4, 0.5) is 0 Å². The zero-order chi connectivity index (χ0) is 15.8. The fourth-order valence-electron chi connectivity index (χ4n) is 1.81. The molecule has 0 saturated carbocycles. The summed E-state index contributed by atoms with van der Waals surface area (Å²) in [5.41, 5.74) is 5.85. The Bertz CT molecular complexity index is 512. The van der Waals surface area contributed by atoms with Gasteiger partial charge in [-0.15, -0.1) is 0 Å². The Labute approximate surface area is 133 Å². The Kier molecular flexibility index (Phi) is 7.15. The maximum atomic E-state index is 5.36. The molecule has 0 spiro atoms. The van der Waals surface area contributed by atoms with Gasteiger partial charge in [0.1, 0.15) is 5.75 Å². The van der Waals surface area contributed by atoms with Crippen LogP contribution in [-0.2, 0) is 0 Å². The van der Waals surface area contributed by atoms with Crippen molar-refractivity contribution in [3.8, 4) is 5.75 Å². The molecule has 5 heteroatoms. The molecule has 2 N–H and O–H groups in total. The smallest absolute Gasteiger partial charge is 0.186 e. The number of nitrogens with one attached hydrogen (secondary N) is 2. The van der Waals surface area contributed by atoms with Crippen LogP contribution in [0, 0.1) is 12.8 Å². The van der Waals surface area contributed by atoms with Gasteiger partial charge in [0, 0.05) is 12.1 Å². The topological polar surface area (TPSA) is 45.6 Å². The van der Waals surface area contributed by atoms with E-state index >= 15 is 0 Å². The largest absolute Gasteiger partial charge is 0.496 e. The molecule has 0 aliphatic heterocycles. The van der Waals surface area contributed by atoms with Gasteiger partial charge in [-0.25, -0.2) is 0 Å². The highest BCUT2D eigenvalue weighted by atomic mass is 32.1. The van der Waals surface area contributed by atoms with Crippen molar-refractivity contribution >= 4 is 23.0 Å². The third-order valence-corrected chi connectivity index (χ3v) is 3.31. The van der Waals surface area contributed by atoms with E-state index in [9.17, 15) is 0 Å². The summed E-state index contributed by atoms with van der Waals surface area (Å²) >= 11 is 5.20. The van der Waals surface area contributed by atoms with Gasteiger partial charge in [-0.2, -0.15) is 5.10 Å². The molecule has 116 valence electrons. The molecule has 0 amide bonds. The Morgan fingerprint density at radius 1 is 1.38 bits per heavy atom. The number of methoxy groups -OCH3 is 1. The van der Waals surface area contributed by atoms with Crippen molar-refractivity contribution in [2.45, 2.75) is 34.1 Å². The van der Waals surface area contributed by atoms with Gasteiger partial charge in [-0.1, -0.05) is 25.5 Å². The minimum atomic E-state index is 0.543. The first-order chi connectivity index (χ1) is 9.93. The van der Waals surface area contributed by atoms with Crippen LogP contribution in [0.3, 0.4) is 0 Å². The summed E-state index contributed by atoms with van der Waals surface area (Å²) in [7, 11) is 1.66. The fourth-order valence-corrected chi connectivity index (χ4v) is 1.96. The first kappa shape index (κ1) is 17.4. The number of hydrogen-bond donors (Lipinski definition) is 2. The normalized spacial score (nSPS) is 11.4. The lowest BCUT2D eigenvalue weighted by Gasteiger charge is -2.11. The van der Waals surface area contributed by atoms with Gasteiger partial charge in [0.2, 0.25) is 0 Å². The second-order valence-electron chi connectivity index (χ2n) is 5.45. The zero-order valence-electron chi connectivity index (χ0n) is 13.5. The fraction of sp³-hybridized carbons (Fsp3) is 0.500. The van der Waals surface area contributed by atoms with Gasteiger partial charge in [-0.3, -0.25) is 5.43 Å². The quantitative estimate of drug-likeness (QED) is 0.481. The number of rotatable bonds is 6. The van der Waals surface area contributed by atoms with Gasteiger partial charge in [0.05, 0.1) is 12.8 Å². The summed E-state index contributed by atoms with van der Waals surface area (Å²) in [6.45, 7) is 9.20. The van der Waals surface area contributed by atoms with Crippen molar-refractivity contribution in [2.24, 2.45) is 11.0 Å². The molecule has 0 aromatic heterocycles. The molecule has 0 aliphatic rings. The summed E-state index contributed by atoms with van der Waals surface area (Å²) < 4.78 is 5.36. The van der Waals surface area contributed by atoms with Crippen LogP contribution < -0.4 is 15.5 Å². The zero-order valence-corrected chi connectivity index (χ0v) is 14.3. The van der Waals surface area contributed by atoms with E-state index < -0.39 is 0 Å². The van der Waals surface area contributed by atoms with E-state index in [4.69, 9.17) is 17.0 Å². The number of nitrogens with zero attached hydrogens (tertiary/aromatic N) is 1. The molecule has 0 aliphatic carbocycles. The van der Waals surface area contributed by atoms with Crippen LogP contribution in [0.25, 0.3) is 0 Å². The molecule has 0 heterocycles. The molecule has 0 saturated heterocycles. The number of ether oxygens (including phenoxy) is 1. The number of hydrogen-bond acceptors (Lipinski definition) is 3. The molecule has 21 heavy (non-hydrogen) atoms. The molecule has 0 unspecified atom stereocenters. The van der Waals surface area contributed by atoms with Gasteiger partial charge in [0.15, 0.2) is 5.11 Å². The van der Waals surface area contributed by atoms with Crippen LogP contribution >= 0.6 is 12.2 Å². The molecule has 1 rings (SSSR count). The average molecular weight is 307 g/mol. The van der Waals surface area contributed by atoms with Crippen molar-refractivity contribution in [1.82, 2.24) is 10.7 Å². The van der Waals surface area contributed by atoms with Crippen LogP contribution in [0.1, 0.15) is 38.3 Å². The SMILES string of the molecule is COc1ccc(C)cc1/C(C)=N\NC(=S)NCCC(C)C. The lowest BCUT2D eigenvalue weighted by atomic mass is 10.1. The third kappa shape index (κ3) is 6.12. The lowest BCUT2D eigenvalue weighted by molar-refractivity contribution is 0.414. The predicted octanol–water partition coefficient (Wildman–Crippen LogP) is 3.24. The molecule has 0 fully saturated rings. The van der Waals surface area contributed by atoms with E-state index in [2.05, 4.69) is 35.8 Å². The van der Waals surface area contributed by atoms with E-state index in [0.717, 1.165) is 35.6 Å². The van der Waals surface area contributed by atoms with E-state index in [1.165, 1.54) is 0 Å². The van der Waals surface area contributed by atoms with Crippen LogP contribution in [-0.4, -0.2) is 24.5 Å². The van der Waals surface area contributed by atoms with E-state index in [1.54, 1.807) is 7.11 Å². The van der Waals surface area contributed by atoms with Crippen molar-refractivity contribution in [3.05, 3.63) is 29.3 Å². The molecule has 0 radical (unpaired) electrons. The van der Waals surface area contributed by atoms with E-state index in [-0.39, 0.29) is 0 Å². The molecular weight excluding hydrogens is 282 g/mol. The van der Waals surface area contributed by atoms with Crippen LogP contribution in [0.5, 0.6) is 5.75 Å². The van der Waals surface area contributed by atoms with Crippen molar-refractivity contribution in [2.75, 3.05) is 13.7 Å². The van der Waals surface area contributed by atoms with E-state index in [0.29, 0.717) is 11.0 Å². The monoisotopic (exact) mass is 307 g/mol. The van der Waals surface area contributed by atoms with Crippen molar-refractivity contribution in [3.63, 3.8) is 0 Å². The Balaban J connectivity index is 2.64. The highest BCUT2D eigenvalue weighted by Gasteiger charge is 2.06. The van der Waals surface area contributed by atoms with Crippen LogP contribution in [0.15, 0.2) is 23.3 Å². The Morgan fingerprint density at radius 2 is 2.10 bits per heavy atom. The van der Waals surface area contributed by atoms with E-state index in [1.807, 2.05) is 26.0 Å². The Morgan fingerprint density at radius 3 is 2.71 bits per heavy atom. The van der Waals surface area contributed by atoms with Gasteiger partial charge >= 0.3 is 0 Å². The summed E-state index contributed by atoms with van der Waals surface area (Å²) in [6.07, 6.45) is 1.08. The third-order valence-electron chi connectivity index (χ3n) is 3.08. The van der Waals surface area contributed by atoms with Gasteiger partial charge < -0.3 is 10.1 Å². The first-order valence-corrected chi connectivity index (χ1v) is 7.58. The summed E-state index contributed by atoms with van der Waals surface area (Å²) in [5, 5.41) is 8.01. The molecule has 4 nitrogen and oxygen atoms in total.